The molecule has 1 rings (SSSR count). The summed E-state index contributed by atoms with van der Waals surface area (Å²) in [6.45, 7) is 2.49. The molecule has 1 aliphatic heterocycles. The molecule has 1 saturated heterocycles. The minimum atomic E-state index is -0.345. The van der Waals surface area contributed by atoms with Gasteiger partial charge in [0.25, 0.3) is 0 Å². The largest absolute Gasteiger partial charge is 0.396 e. The number of aliphatic hydroxyl groups is 1. The number of hydrogen-bond donors (Lipinski definition) is 2. The van der Waals surface area contributed by atoms with Gasteiger partial charge in [-0.25, -0.2) is 0 Å². The molecule has 1 aliphatic rings. The minimum Gasteiger partial charge on any atom is -0.396 e. The van der Waals surface area contributed by atoms with Gasteiger partial charge >= 0.3 is 0 Å². The molecule has 2 N–H and O–H groups in total. The molecule has 0 spiro atoms. The van der Waals surface area contributed by atoms with Gasteiger partial charge in [-0.3, -0.25) is 4.79 Å². The van der Waals surface area contributed by atoms with Crippen molar-refractivity contribution >= 4 is 5.91 Å². The highest BCUT2D eigenvalue weighted by Crippen LogP contribution is 2.09. The quantitative estimate of drug-likeness (QED) is 0.614. The van der Waals surface area contributed by atoms with Crippen LogP contribution >= 0.6 is 0 Å². The number of rotatable bonds is 3. The summed E-state index contributed by atoms with van der Waals surface area (Å²) in [7, 11) is 0. The van der Waals surface area contributed by atoms with Crippen molar-refractivity contribution in [2.24, 2.45) is 0 Å². The summed E-state index contributed by atoms with van der Waals surface area (Å²) >= 11 is 0. The Labute approximate surface area is 71.9 Å². The summed E-state index contributed by atoms with van der Waals surface area (Å²) in [4.78, 5) is 10.9. The van der Waals surface area contributed by atoms with Crippen molar-refractivity contribution in [2.75, 3.05) is 13.2 Å². The van der Waals surface area contributed by atoms with Gasteiger partial charge in [0.15, 0.2) is 0 Å². The molecule has 0 aliphatic carbocycles. The Balaban J connectivity index is 2.25. The Kier molecular flexibility index (Phi) is 3.49. The average molecular weight is 173 g/mol. The van der Waals surface area contributed by atoms with Crippen LogP contribution in [0, 0.1) is 0 Å². The van der Waals surface area contributed by atoms with E-state index in [0.29, 0.717) is 6.54 Å². The molecule has 0 saturated carbocycles. The molecule has 12 heavy (non-hydrogen) atoms. The lowest BCUT2D eigenvalue weighted by Gasteiger charge is -2.27. The second kappa shape index (κ2) is 4.42. The lowest BCUT2D eigenvalue weighted by molar-refractivity contribution is -0.143. The van der Waals surface area contributed by atoms with E-state index in [-0.39, 0.29) is 24.7 Å². The summed E-state index contributed by atoms with van der Waals surface area (Å²) in [6, 6.07) is 0. The van der Waals surface area contributed by atoms with E-state index in [9.17, 15) is 4.79 Å². The lowest BCUT2D eigenvalue weighted by Crippen LogP contribution is -2.47. The molecule has 70 valence electrons. The SMILES string of the molecule is C[C@H]1O[C@@H](CCCO)CNC1=O. The monoisotopic (exact) mass is 173 g/mol. The number of morpholine rings is 1. The zero-order chi connectivity index (χ0) is 8.97. The van der Waals surface area contributed by atoms with E-state index >= 15 is 0 Å². The van der Waals surface area contributed by atoms with Gasteiger partial charge in [-0.2, -0.15) is 0 Å². The van der Waals surface area contributed by atoms with E-state index in [4.69, 9.17) is 9.84 Å². The van der Waals surface area contributed by atoms with Gasteiger partial charge in [-0.1, -0.05) is 0 Å². The maximum atomic E-state index is 10.9. The first-order valence-electron chi connectivity index (χ1n) is 4.28. The van der Waals surface area contributed by atoms with Crippen LogP contribution in [0.15, 0.2) is 0 Å². The number of carbonyl (C=O) groups excluding carboxylic acids is 1. The van der Waals surface area contributed by atoms with Gasteiger partial charge in [-0.15, -0.1) is 0 Å². The van der Waals surface area contributed by atoms with E-state index < -0.39 is 0 Å². The molecule has 1 heterocycles. The summed E-state index contributed by atoms with van der Waals surface area (Å²) in [5, 5.41) is 11.3. The molecule has 4 heteroatoms. The highest BCUT2D eigenvalue weighted by Gasteiger charge is 2.24. The topological polar surface area (TPSA) is 58.6 Å². The minimum absolute atomic E-state index is 0.0461. The molecule has 1 amide bonds. The van der Waals surface area contributed by atoms with Crippen LogP contribution in [0.5, 0.6) is 0 Å². The van der Waals surface area contributed by atoms with Crippen molar-refractivity contribution in [1.82, 2.24) is 5.32 Å². The smallest absolute Gasteiger partial charge is 0.248 e. The van der Waals surface area contributed by atoms with E-state index in [1.54, 1.807) is 6.92 Å². The number of hydrogen-bond acceptors (Lipinski definition) is 3. The molecular weight excluding hydrogens is 158 g/mol. The first-order valence-corrected chi connectivity index (χ1v) is 4.28. The Hall–Kier alpha value is -0.610. The summed E-state index contributed by atoms with van der Waals surface area (Å²) in [6.07, 6.45) is 1.27. The number of nitrogens with one attached hydrogen (secondary N) is 1. The Morgan fingerprint density at radius 2 is 2.50 bits per heavy atom. The van der Waals surface area contributed by atoms with Gasteiger partial charge in [-0.05, 0) is 19.8 Å². The third-order valence-corrected chi connectivity index (χ3v) is 1.95. The zero-order valence-corrected chi connectivity index (χ0v) is 7.25. The molecule has 0 radical (unpaired) electrons. The molecule has 4 nitrogen and oxygen atoms in total. The van der Waals surface area contributed by atoms with Crippen LogP contribution in [0.25, 0.3) is 0 Å². The molecule has 0 aromatic heterocycles. The average Bonchev–Trinajstić information content (AvgIpc) is 2.07. The van der Waals surface area contributed by atoms with Crippen molar-refractivity contribution < 1.29 is 14.6 Å². The second-order valence-electron chi connectivity index (χ2n) is 3.01. The van der Waals surface area contributed by atoms with Crippen molar-refractivity contribution in [3.05, 3.63) is 0 Å². The van der Waals surface area contributed by atoms with E-state index in [0.717, 1.165) is 12.8 Å². The highest BCUT2D eigenvalue weighted by atomic mass is 16.5. The van der Waals surface area contributed by atoms with Crippen molar-refractivity contribution in [1.29, 1.82) is 0 Å². The standard InChI is InChI=1S/C8H15NO3/c1-6-8(11)9-5-7(12-6)3-2-4-10/h6-7,10H,2-5H2,1H3,(H,9,11)/t6-,7+/m1/s1. The molecular formula is C8H15NO3. The predicted octanol–water partition coefficient (Wildman–Crippen LogP) is -0.338. The van der Waals surface area contributed by atoms with Crippen molar-refractivity contribution in [3.63, 3.8) is 0 Å². The fraction of sp³-hybridized carbons (Fsp3) is 0.875. The zero-order valence-electron chi connectivity index (χ0n) is 7.25. The van der Waals surface area contributed by atoms with Gasteiger partial charge in [0.2, 0.25) is 5.91 Å². The summed E-state index contributed by atoms with van der Waals surface area (Å²) < 4.78 is 5.38. The molecule has 0 aromatic rings. The van der Waals surface area contributed by atoms with E-state index in [1.165, 1.54) is 0 Å². The Bertz CT molecular complexity index is 160. The fourth-order valence-corrected chi connectivity index (χ4v) is 1.25. The maximum absolute atomic E-state index is 10.9. The summed E-state index contributed by atoms with van der Waals surface area (Å²) in [5.41, 5.74) is 0. The third kappa shape index (κ3) is 2.46. The predicted molar refractivity (Wildman–Crippen MR) is 43.7 cm³/mol. The second-order valence-corrected chi connectivity index (χ2v) is 3.01. The normalized spacial score (nSPS) is 30.0. The van der Waals surface area contributed by atoms with Gasteiger partial charge < -0.3 is 15.2 Å². The van der Waals surface area contributed by atoms with E-state index in [1.807, 2.05) is 0 Å². The molecule has 1 fully saturated rings. The first-order chi connectivity index (χ1) is 5.74. The Morgan fingerprint density at radius 3 is 3.08 bits per heavy atom. The third-order valence-electron chi connectivity index (χ3n) is 1.95. The number of amides is 1. The van der Waals surface area contributed by atoms with Crippen LogP contribution in [0.3, 0.4) is 0 Å². The molecule has 0 unspecified atom stereocenters. The van der Waals surface area contributed by atoms with Crippen LogP contribution in [0.1, 0.15) is 19.8 Å². The van der Waals surface area contributed by atoms with Crippen LogP contribution < -0.4 is 5.32 Å². The van der Waals surface area contributed by atoms with Crippen LogP contribution in [0.4, 0.5) is 0 Å². The van der Waals surface area contributed by atoms with Crippen LogP contribution in [-0.2, 0) is 9.53 Å². The number of ether oxygens (including phenoxy) is 1. The molecule has 2 atom stereocenters. The molecule has 0 bridgehead atoms. The fourth-order valence-electron chi connectivity index (χ4n) is 1.25. The lowest BCUT2D eigenvalue weighted by atomic mass is 10.1. The molecule has 0 aromatic carbocycles. The van der Waals surface area contributed by atoms with Gasteiger partial charge in [0.05, 0.1) is 6.10 Å². The van der Waals surface area contributed by atoms with Gasteiger partial charge in [0, 0.05) is 13.2 Å². The highest BCUT2D eigenvalue weighted by molar-refractivity contribution is 5.80. The van der Waals surface area contributed by atoms with Crippen LogP contribution in [0.2, 0.25) is 0 Å². The Morgan fingerprint density at radius 1 is 1.75 bits per heavy atom. The van der Waals surface area contributed by atoms with Crippen LogP contribution in [-0.4, -0.2) is 36.4 Å². The maximum Gasteiger partial charge on any atom is 0.248 e. The van der Waals surface area contributed by atoms with Gasteiger partial charge in [0.1, 0.15) is 6.10 Å². The first kappa shape index (κ1) is 9.48. The number of carbonyl (C=O) groups is 1. The van der Waals surface area contributed by atoms with E-state index in [2.05, 4.69) is 5.32 Å². The number of aliphatic hydroxyl groups excluding tert-OH is 1. The van der Waals surface area contributed by atoms with Crippen molar-refractivity contribution in [3.8, 4) is 0 Å². The van der Waals surface area contributed by atoms with Crippen molar-refractivity contribution in [2.45, 2.75) is 32.0 Å². The summed E-state index contributed by atoms with van der Waals surface area (Å²) in [5.74, 6) is -0.0461.